The fraction of sp³-hybridized carbons (Fsp3) is 0.344. The van der Waals surface area contributed by atoms with Gasteiger partial charge in [-0.3, -0.25) is 9.36 Å². The van der Waals surface area contributed by atoms with Gasteiger partial charge in [0.2, 0.25) is 0 Å². The molecule has 40 heavy (non-hydrogen) atoms. The summed E-state index contributed by atoms with van der Waals surface area (Å²) < 4.78 is 12.8. The third-order valence-corrected chi connectivity index (χ3v) is 6.87. The zero-order chi connectivity index (χ0) is 28.5. The van der Waals surface area contributed by atoms with E-state index < -0.39 is 6.04 Å². The fourth-order valence-electron chi connectivity index (χ4n) is 4.89. The van der Waals surface area contributed by atoms with Gasteiger partial charge in [0.1, 0.15) is 17.3 Å². The number of para-hydroxylation sites is 3. The number of fused-ring (bicyclic) bond motifs is 1. The highest BCUT2D eigenvalue weighted by molar-refractivity contribution is 5.89. The minimum atomic E-state index is -0.471. The van der Waals surface area contributed by atoms with E-state index >= 15 is 0 Å². The number of nitrogens with zero attached hydrogens (tertiary/aromatic N) is 3. The number of methoxy groups -OCH3 is 1. The van der Waals surface area contributed by atoms with Gasteiger partial charge >= 0.3 is 6.03 Å². The number of benzene rings is 3. The van der Waals surface area contributed by atoms with Crippen LogP contribution in [0.2, 0.25) is 0 Å². The van der Waals surface area contributed by atoms with Crippen molar-refractivity contribution >= 4 is 22.6 Å². The van der Waals surface area contributed by atoms with Crippen LogP contribution in [0.15, 0.2) is 77.6 Å². The van der Waals surface area contributed by atoms with E-state index in [-0.39, 0.29) is 11.6 Å². The van der Waals surface area contributed by atoms with Crippen molar-refractivity contribution in [3.8, 4) is 17.2 Å². The summed E-state index contributed by atoms with van der Waals surface area (Å²) >= 11 is 0. The van der Waals surface area contributed by atoms with Crippen LogP contribution in [0.1, 0.15) is 58.3 Å². The van der Waals surface area contributed by atoms with Gasteiger partial charge < -0.3 is 19.7 Å². The number of carbonyl (C=O) groups excluding carboxylic acids is 1. The summed E-state index contributed by atoms with van der Waals surface area (Å²) in [6, 6.07) is 21.3. The van der Waals surface area contributed by atoms with Gasteiger partial charge in [-0.15, -0.1) is 0 Å². The van der Waals surface area contributed by atoms with Crippen molar-refractivity contribution in [2.24, 2.45) is 0 Å². The molecule has 2 amide bonds. The van der Waals surface area contributed by atoms with E-state index in [9.17, 15) is 9.59 Å². The van der Waals surface area contributed by atoms with Crippen molar-refractivity contribution < 1.29 is 14.3 Å². The topological polar surface area (TPSA) is 85.7 Å². The average molecular weight is 543 g/mol. The van der Waals surface area contributed by atoms with E-state index in [2.05, 4.69) is 12.2 Å². The van der Waals surface area contributed by atoms with Gasteiger partial charge in [0, 0.05) is 12.2 Å². The molecule has 1 aromatic heterocycles. The van der Waals surface area contributed by atoms with E-state index in [0.29, 0.717) is 53.4 Å². The van der Waals surface area contributed by atoms with Crippen molar-refractivity contribution in [2.45, 2.75) is 52.5 Å². The van der Waals surface area contributed by atoms with Crippen LogP contribution >= 0.6 is 0 Å². The molecule has 0 bridgehead atoms. The van der Waals surface area contributed by atoms with E-state index in [0.717, 1.165) is 25.0 Å². The number of hydrogen-bond donors (Lipinski definition) is 1. The highest BCUT2D eigenvalue weighted by Gasteiger charge is 2.29. The SMILES string of the molecule is CCCCCN(C(=O)Nc1ccc(OCC)cc1)C(CC)c1nc2ccccc2c(=O)n1-c1ccccc1OC. The van der Waals surface area contributed by atoms with Gasteiger partial charge in [-0.25, -0.2) is 9.78 Å². The number of hydrogen-bond acceptors (Lipinski definition) is 5. The largest absolute Gasteiger partial charge is 0.495 e. The number of aromatic nitrogens is 2. The fourth-order valence-corrected chi connectivity index (χ4v) is 4.89. The summed E-state index contributed by atoms with van der Waals surface area (Å²) in [5.41, 5.74) is 1.64. The average Bonchev–Trinajstić information content (AvgIpc) is 2.98. The second-order valence-electron chi connectivity index (χ2n) is 9.51. The molecule has 4 aromatic rings. The van der Waals surface area contributed by atoms with Crippen molar-refractivity contribution in [2.75, 3.05) is 25.6 Å². The molecule has 1 atom stereocenters. The molecule has 0 aliphatic carbocycles. The summed E-state index contributed by atoms with van der Waals surface area (Å²) in [4.78, 5) is 34.7. The first-order chi connectivity index (χ1) is 19.5. The highest BCUT2D eigenvalue weighted by atomic mass is 16.5. The maximum Gasteiger partial charge on any atom is 0.322 e. The monoisotopic (exact) mass is 542 g/mol. The Morgan fingerprint density at radius 2 is 1.70 bits per heavy atom. The number of amides is 2. The first-order valence-electron chi connectivity index (χ1n) is 14.0. The molecule has 8 nitrogen and oxygen atoms in total. The van der Waals surface area contributed by atoms with Crippen LogP contribution in [-0.4, -0.2) is 40.7 Å². The third-order valence-electron chi connectivity index (χ3n) is 6.87. The lowest BCUT2D eigenvalue weighted by molar-refractivity contribution is 0.179. The Balaban J connectivity index is 1.83. The Kier molecular flexibility index (Phi) is 9.78. The van der Waals surface area contributed by atoms with Crippen LogP contribution in [0.25, 0.3) is 16.6 Å². The molecule has 3 aromatic carbocycles. The number of carbonyl (C=O) groups is 1. The molecule has 0 spiro atoms. The van der Waals surface area contributed by atoms with E-state index in [4.69, 9.17) is 14.5 Å². The second-order valence-corrected chi connectivity index (χ2v) is 9.51. The predicted molar refractivity (Wildman–Crippen MR) is 160 cm³/mol. The van der Waals surface area contributed by atoms with Crippen LogP contribution < -0.4 is 20.3 Å². The smallest absolute Gasteiger partial charge is 0.322 e. The summed E-state index contributed by atoms with van der Waals surface area (Å²) in [6.45, 7) is 7.16. The molecule has 1 N–H and O–H groups in total. The van der Waals surface area contributed by atoms with Crippen LogP contribution in [-0.2, 0) is 0 Å². The molecule has 0 radical (unpaired) electrons. The normalized spacial score (nSPS) is 11.7. The van der Waals surface area contributed by atoms with E-state index in [1.165, 1.54) is 0 Å². The molecule has 0 aliphatic heterocycles. The minimum Gasteiger partial charge on any atom is -0.495 e. The van der Waals surface area contributed by atoms with Crippen molar-refractivity contribution in [3.63, 3.8) is 0 Å². The van der Waals surface area contributed by atoms with Gasteiger partial charge in [0.05, 0.1) is 36.3 Å². The zero-order valence-corrected chi connectivity index (χ0v) is 23.7. The Hall–Kier alpha value is -4.33. The van der Waals surface area contributed by atoms with Gasteiger partial charge in [0.25, 0.3) is 5.56 Å². The lowest BCUT2D eigenvalue weighted by Gasteiger charge is -2.32. The molecule has 0 saturated heterocycles. The quantitative estimate of drug-likeness (QED) is 0.195. The van der Waals surface area contributed by atoms with Crippen LogP contribution in [0, 0.1) is 0 Å². The molecular weight excluding hydrogens is 504 g/mol. The zero-order valence-electron chi connectivity index (χ0n) is 23.7. The molecule has 0 fully saturated rings. The van der Waals surface area contributed by atoms with Crippen LogP contribution in [0.3, 0.4) is 0 Å². The van der Waals surface area contributed by atoms with Crippen molar-refractivity contribution in [1.82, 2.24) is 14.5 Å². The lowest BCUT2D eigenvalue weighted by atomic mass is 10.1. The Labute approximate surface area is 235 Å². The summed E-state index contributed by atoms with van der Waals surface area (Å²) in [5.74, 6) is 1.79. The van der Waals surface area contributed by atoms with Crippen LogP contribution in [0.4, 0.5) is 10.5 Å². The number of anilines is 1. The highest BCUT2D eigenvalue weighted by Crippen LogP contribution is 2.30. The third kappa shape index (κ3) is 6.28. The molecular formula is C32H38N4O4. The number of urea groups is 1. The van der Waals surface area contributed by atoms with Gasteiger partial charge in [-0.1, -0.05) is 51.0 Å². The van der Waals surface area contributed by atoms with E-state index in [1.807, 2.05) is 80.6 Å². The van der Waals surface area contributed by atoms with Gasteiger partial charge in [0.15, 0.2) is 0 Å². The van der Waals surface area contributed by atoms with Crippen molar-refractivity contribution in [1.29, 1.82) is 0 Å². The number of ether oxygens (including phenoxy) is 2. The van der Waals surface area contributed by atoms with Crippen LogP contribution in [0.5, 0.6) is 11.5 Å². The molecule has 1 heterocycles. The maximum absolute atomic E-state index is 14.0. The first kappa shape index (κ1) is 28.7. The molecule has 8 heteroatoms. The predicted octanol–water partition coefficient (Wildman–Crippen LogP) is 6.97. The Morgan fingerprint density at radius 3 is 2.40 bits per heavy atom. The lowest BCUT2D eigenvalue weighted by Crippen LogP contribution is -2.41. The first-order valence-corrected chi connectivity index (χ1v) is 14.0. The second kappa shape index (κ2) is 13.6. The van der Waals surface area contributed by atoms with Gasteiger partial charge in [-0.05, 0) is 68.3 Å². The van der Waals surface area contributed by atoms with Gasteiger partial charge in [-0.2, -0.15) is 0 Å². The Morgan fingerprint density at radius 1 is 0.975 bits per heavy atom. The number of nitrogens with one attached hydrogen (secondary N) is 1. The summed E-state index contributed by atoms with van der Waals surface area (Å²) in [5, 5.41) is 3.55. The molecule has 1 unspecified atom stereocenters. The summed E-state index contributed by atoms with van der Waals surface area (Å²) in [6.07, 6.45) is 3.39. The van der Waals surface area contributed by atoms with Crippen molar-refractivity contribution in [3.05, 3.63) is 89.0 Å². The number of unbranched alkanes of at least 4 members (excludes halogenated alkanes) is 2. The maximum atomic E-state index is 14.0. The van der Waals surface area contributed by atoms with E-state index in [1.54, 1.807) is 22.6 Å². The molecule has 4 rings (SSSR count). The summed E-state index contributed by atoms with van der Waals surface area (Å²) in [7, 11) is 1.58. The number of rotatable bonds is 12. The molecule has 0 aliphatic rings. The standard InChI is InChI=1S/C32H38N4O4/c1-5-8-13-22-35(32(38)33-23-18-20-24(21-19-23)40-7-3)27(6-2)30-34-26-15-10-9-14-25(26)31(37)36(30)28-16-11-12-17-29(28)39-4/h9-12,14-21,27H,5-8,13,22H2,1-4H3,(H,33,38). The molecule has 0 saturated carbocycles. The Bertz CT molecular complexity index is 1480. The molecule has 210 valence electrons. The minimum absolute atomic E-state index is 0.205.